The number of hydrogen-bond donors (Lipinski definition) is 3. The topological polar surface area (TPSA) is 93.2 Å². The molecule has 1 saturated carbocycles. The lowest BCUT2D eigenvalue weighted by molar-refractivity contribution is 0.0714. The number of hydrogen-bond acceptors (Lipinski definition) is 4. The van der Waals surface area contributed by atoms with Crippen LogP contribution < -0.4 is 11.1 Å². The van der Waals surface area contributed by atoms with Crippen LogP contribution in [0.25, 0.3) is 0 Å². The molecule has 0 spiro atoms. The molecule has 1 fully saturated rings. The van der Waals surface area contributed by atoms with E-state index in [1.807, 2.05) is 6.92 Å². The highest BCUT2D eigenvalue weighted by Crippen LogP contribution is 2.35. The fourth-order valence-electron chi connectivity index (χ4n) is 3.17. The van der Waals surface area contributed by atoms with Crippen LogP contribution >= 0.6 is 0 Å². The maximum Gasteiger partial charge on any atom is 0.271 e. The molecule has 0 aromatic carbocycles. The van der Waals surface area contributed by atoms with E-state index in [2.05, 4.69) is 10.4 Å². The van der Waals surface area contributed by atoms with Gasteiger partial charge in [0.25, 0.3) is 5.91 Å². The largest absolute Gasteiger partial charge is 0.396 e. The molecule has 21 heavy (non-hydrogen) atoms. The van der Waals surface area contributed by atoms with Gasteiger partial charge in [-0.1, -0.05) is 26.2 Å². The summed E-state index contributed by atoms with van der Waals surface area (Å²) in [4.78, 5) is 12.4. The van der Waals surface area contributed by atoms with Crippen LogP contribution in [0.15, 0.2) is 0 Å². The van der Waals surface area contributed by atoms with Crippen LogP contribution in [0.2, 0.25) is 0 Å². The Morgan fingerprint density at radius 2 is 2.10 bits per heavy atom. The molecule has 0 aliphatic heterocycles. The Morgan fingerprint density at radius 3 is 2.62 bits per heavy atom. The Hall–Kier alpha value is -1.56. The summed E-state index contributed by atoms with van der Waals surface area (Å²) in [6.07, 6.45) is 6.07. The van der Waals surface area contributed by atoms with E-state index in [9.17, 15) is 9.90 Å². The van der Waals surface area contributed by atoms with E-state index in [1.54, 1.807) is 7.05 Å². The van der Waals surface area contributed by atoms with Gasteiger partial charge in [-0.25, -0.2) is 0 Å². The number of amides is 1. The van der Waals surface area contributed by atoms with E-state index in [0.29, 0.717) is 24.3 Å². The van der Waals surface area contributed by atoms with Gasteiger partial charge < -0.3 is 16.2 Å². The Bertz CT molecular complexity index is 504. The van der Waals surface area contributed by atoms with E-state index in [-0.39, 0.29) is 17.9 Å². The first-order chi connectivity index (χ1) is 10.0. The van der Waals surface area contributed by atoms with E-state index < -0.39 is 0 Å². The van der Waals surface area contributed by atoms with Gasteiger partial charge in [-0.15, -0.1) is 0 Å². The van der Waals surface area contributed by atoms with Gasteiger partial charge in [0.05, 0.1) is 18.0 Å². The van der Waals surface area contributed by atoms with E-state index in [4.69, 9.17) is 5.73 Å². The molecule has 6 heteroatoms. The predicted octanol–water partition coefficient (Wildman–Crippen LogP) is 1.24. The second kappa shape index (κ2) is 6.47. The maximum atomic E-state index is 12.4. The van der Waals surface area contributed by atoms with Crippen molar-refractivity contribution in [3.8, 4) is 0 Å². The number of carbonyl (C=O) groups excluding carboxylic acids is 1. The van der Waals surface area contributed by atoms with Gasteiger partial charge in [-0.3, -0.25) is 9.48 Å². The molecule has 1 amide bonds. The third kappa shape index (κ3) is 3.20. The number of anilines is 1. The molecular weight excluding hydrogens is 268 g/mol. The average molecular weight is 294 g/mol. The fourth-order valence-corrected chi connectivity index (χ4v) is 3.17. The zero-order chi connectivity index (χ0) is 15.5. The second-order valence-electron chi connectivity index (χ2n) is 6.09. The number of nitrogens with one attached hydrogen (secondary N) is 1. The lowest BCUT2D eigenvalue weighted by Gasteiger charge is -2.35. The molecule has 0 radical (unpaired) electrons. The summed E-state index contributed by atoms with van der Waals surface area (Å²) < 4.78 is 1.54. The first-order valence-corrected chi connectivity index (χ1v) is 7.73. The third-order valence-corrected chi connectivity index (χ3v) is 4.58. The summed E-state index contributed by atoms with van der Waals surface area (Å²) in [5.41, 5.74) is 7.44. The van der Waals surface area contributed by atoms with Crippen LogP contribution in [0, 0.1) is 5.41 Å². The number of aryl methyl sites for hydroxylation is 2. The number of aliphatic hydroxyl groups excluding tert-OH is 1. The van der Waals surface area contributed by atoms with Crippen LogP contribution in [0.4, 0.5) is 5.69 Å². The number of nitrogens with two attached hydrogens (primary N) is 1. The van der Waals surface area contributed by atoms with Crippen LogP contribution in [0.1, 0.15) is 55.2 Å². The maximum absolute atomic E-state index is 12.4. The quantitative estimate of drug-likeness (QED) is 0.761. The smallest absolute Gasteiger partial charge is 0.271 e. The van der Waals surface area contributed by atoms with Crippen molar-refractivity contribution in [2.75, 3.05) is 18.9 Å². The standard InChI is InChI=1S/C15H26N4O2/c1-3-11-12(16)13(19(2)18-11)14(21)17-9-15(10-20)7-5-4-6-8-15/h20H,3-10,16H2,1-2H3,(H,17,21). The van der Waals surface area contributed by atoms with Crippen molar-refractivity contribution < 1.29 is 9.90 Å². The summed E-state index contributed by atoms with van der Waals surface area (Å²) in [7, 11) is 1.73. The van der Waals surface area contributed by atoms with Crippen molar-refractivity contribution >= 4 is 11.6 Å². The van der Waals surface area contributed by atoms with Gasteiger partial charge in [0.15, 0.2) is 0 Å². The summed E-state index contributed by atoms with van der Waals surface area (Å²) in [6.45, 7) is 2.58. The Labute approximate surface area is 125 Å². The van der Waals surface area contributed by atoms with Crippen molar-refractivity contribution in [2.45, 2.75) is 45.4 Å². The third-order valence-electron chi connectivity index (χ3n) is 4.58. The van der Waals surface area contributed by atoms with Gasteiger partial charge in [0.2, 0.25) is 0 Å². The minimum absolute atomic E-state index is 0.119. The van der Waals surface area contributed by atoms with Gasteiger partial charge in [0, 0.05) is 19.0 Å². The molecule has 1 aromatic rings. The lowest BCUT2D eigenvalue weighted by atomic mass is 9.74. The van der Waals surface area contributed by atoms with Crippen LogP contribution in [0.3, 0.4) is 0 Å². The SMILES string of the molecule is CCc1nn(C)c(C(=O)NCC2(CO)CCCCC2)c1N. The van der Waals surface area contributed by atoms with Crippen molar-refractivity contribution in [3.05, 3.63) is 11.4 Å². The summed E-state index contributed by atoms with van der Waals surface area (Å²) >= 11 is 0. The average Bonchev–Trinajstić information content (AvgIpc) is 2.80. The van der Waals surface area contributed by atoms with Crippen LogP contribution in [-0.4, -0.2) is 33.9 Å². The number of nitrogen functional groups attached to an aromatic ring is 1. The normalized spacial score (nSPS) is 17.7. The van der Waals surface area contributed by atoms with Gasteiger partial charge in [-0.2, -0.15) is 5.10 Å². The highest BCUT2D eigenvalue weighted by Gasteiger charge is 2.32. The van der Waals surface area contributed by atoms with E-state index in [1.165, 1.54) is 11.1 Å². The molecule has 1 aliphatic carbocycles. The number of carbonyl (C=O) groups is 1. The van der Waals surface area contributed by atoms with Crippen molar-refractivity contribution in [1.29, 1.82) is 0 Å². The van der Waals surface area contributed by atoms with E-state index in [0.717, 1.165) is 31.4 Å². The van der Waals surface area contributed by atoms with Crippen molar-refractivity contribution in [1.82, 2.24) is 15.1 Å². The molecule has 0 unspecified atom stereocenters. The molecule has 0 bridgehead atoms. The molecule has 2 rings (SSSR count). The van der Waals surface area contributed by atoms with Gasteiger partial charge in [0.1, 0.15) is 5.69 Å². The Morgan fingerprint density at radius 1 is 1.43 bits per heavy atom. The predicted molar refractivity (Wildman–Crippen MR) is 81.9 cm³/mol. The van der Waals surface area contributed by atoms with Gasteiger partial charge in [-0.05, 0) is 19.3 Å². The Balaban J connectivity index is 2.06. The fraction of sp³-hybridized carbons (Fsp3) is 0.733. The molecule has 0 saturated heterocycles. The summed E-state index contributed by atoms with van der Waals surface area (Å²) in [6, 6.07) is 0. The van der Waals surface area contributed by atoms with Crippen LogP contribution in [-0.2, 0) is 13.5 Å². The first kappa shape index (κ1) is 15.8. The lowest BCUT2D eigenvalue weighted by Crippen LogP contribution is -2.42. The summed E-state index contributed by atoms with van der Waals surface area (Å²) in [5.74, 6) is -0.208. The van der Waals surface area contributed by atoms with E-state index >= 15 is 0 Å². The van der Waals surface area contributed by atoms with Gasteiger partial charge >= 0.3 is 0 Å². The van der Waals surface area contributed by atoms with Crippen molar-refractivity contribution in [2.24, 2.45) is 12.5 Å². The number of aliphatic hydroxyl groups is 1. The zero-order valence-electron chi connectivity index (χ0n) is 13.0. The molecule has 0 atom stereocenters. The van der Waals surface area contributed by atoms with Crippen LogP contribution in [0.5, 0.6) is 0 Å². The van der Waals surface area contributed by atoms with Crippen molar-refractivity contribution in [3.63, 3.8) is 0 Å². The second-order valence-corrected chi connectivity index (χ2v) is 6.09. The minimum atomic E-state index is -0.208. The number of rotatable bonds is 5. The number of aromatic nitrogens is 2. The molecule has 4 N–H and O–H groups in total. The molecule has 1 aromatic heterocycles. The first-order valence-electron chi connectivity index (χ1n) is 7.73. The monoisotopic (exact) mass is 294 g/mol. The highest BCUT2D eigenvalue weighted by molar-refractivity contribution is 5.98. The molecular formula is C15H26N4O2. The molecule has 6 nitrogen and oxygen atoms in total. The zero-order valence-corrected chi connectivity index (χ0v) is 13.0. The highest BCUT2D eigenvalue weighted by atomic mass is 16.3. The molecule has 118 valence electrons. The number of nitrogens with zero attached hydrogens (tertiary/aromatic N) is 2. The minimum Gasteiger partial charge on any atom is -0.396 e. The molecule has 1 aliphatic rings. The summed E-state index contributed by atoms with van der Waals surface area (Å²) in [5, 5.41) is 16.9. The Kier molecular flexibility index (Phi) is 4.88. The molecule has 1 heterocycles.